The molecule has 0 aromatic heterocycles. The van der Waals surface area contributed by atoms with Crippen LogP contribution in [0.3, 0.4) is 0 Å². The number of hydrogen-bond donors (Lipinski definition) is 0. The Bertz CT molecular complexity index is 317. The second kappa shape index (κ2) is 2.70. The summed E-state index contributed by atoms with van der Waals surface area (Å²) in [5.41, 5.74) is 2.09. The Kier molecular flexibility index (Phi) is 1.68. The SMILES string of the molecule is CC(C)C1=NC2=CCC=CC2=N1. The van der Waals surface area contributed by atoms with Crippen molar-refractivity contribution in [1.82, 2.24) is 0 Å². The summed E-state index contributed by atoms with van der Waals surface area (Å²) in [7, 11) is 0. The molecule has 0 aromatic carbocycles. The quantitative estimate of drug-likeness (QED) is 0.562. The van der Waals surface area contributed by atoms with Crippen molar-refractivity contribution in [1.29, 1.82) is 0 Å². The highest BCUT2D eigenvalue weighted by atomic mass is 15.0. The van der Waals surface area contributed by atoms with Crippen molar-refractivity contribution >= 4 is 11.5 Å². The molecule has 0 unspecified atom stereocenters. The lowest BCUT2D eigenvalue weighted by molar-refractivity contribution is 0.876. The van der Waals surface area contributed by atoms with Crippen molar-refractivity contribution in [3.8, 4) is 0 Å². The lowest BCUT2D eigenvalue weighted by Crippen LogP contribution is -2.00. The molecule has 62 valence electrons. The standard InChI is InChI=1S/C10H12N2/c1-7(2)10-11-8-5-3-4-6-9(8)12-10/h3,5-7H,4H2,1-2H3. The third-order valence-corrected chi connectivity index (χ3v) is 1.97. The van der Waals surface area contributed by atoms with E-state index in [-0.39, 0.29) is 0 Å². The molecule has 0 amide bonds. The summed E-state index contributed by atoms with van der Waals surface area (Å²) in [6, 6.07) is 0. The van der Waals surface area contributed by atoms with Gasteiger partial charge in [-0.1, -0.05) is 26.0 Å². The Hall–Kier alpha value is -1.18. The number of rotatable bonds is 1. The Balaban J connectivity index is 2.34. The molecule has 1 aliphatic carbocycles. The highest BCUT2D eigenvalue weighted by Crippen LogP contribution is 2.19. The highest BCUT2D eigenvalue weighted by molar-refractivity contribution is 6.19. The molecule has 2 aliphatic rings. The van der Waals surface area contributed by atoms with Crippen LogP contribution >= 0.6 is 0 Å². The normalized spacial score (nSPS) is 20.4. The van der Waals surface area contributed by atoms with Crippen molar-refractivity contribution in [2.24, 2.45) is 15.9 Å². The maximum Gasteiger partial charge on any atom is 0.132 e. The predicted octanol–water partition coefficient (Wildman–Crippen LogP) is 2.34. The summed E-state index contributed by atoms with van der Waals surface area (Å²) >= 11 is 0. The molecule has 1 heterocycles. The summed E-state index contributed by atoms with van der Waals surface area (Å²) in [5, 5.41) is 0. The lowest BCUT2D eigenvalue weighted by Gasteiger charge is -1.98. The monoisotopic (exact) mass is 160 g/mol. The maximum atomic E-state index is 4.43. The topological polar surface area (TPSA) is 24.7 Å². The van der Waals surface area contributed by atoms with Gasteiger partial charge < -0.3 is 0 Å². The molecule has 0 saturated heterocycles. The summed E-state index contributed by atoms with van der Waals surface area (Å²) in [5.74, 6) is 1.39. The van der Waals surface area contributed by atoms with Crippen molar-refractivity contribution < 1.29 is 0 Å². The fourth-order valence-electron chi connectivity index (χ4n) is 1.28. The molecule has 0 atom stereocenters. The van der Waals surface area contributed by atoms with Crippen LogP contribution in [0.1, 0.15) is 20.3 Å². The fraction of sp³-hybridized carbons (Fsp3) is 0.400. The second-order valence-corrected chi connectivity index (χ2v) is 3.35. The van der Waals surface area contributed by atoms with E-state index in [0.29, 0.717) is 5.92 Å². The molecule has 0 spiro atoms. The van der Waals surface area contributed by atoms with Crippen molar-refractivity contribution in [3.63, 3.8) is 0 Å². The van der Waals surface area contributed by atoms with Gasteiger partial charge in [-0.25, -0.2) is 9.98 Å². The molecule has 0 radical (unpaired) electrons. The highest BCUT2D eigenvalue weighted by Gasteiger charge is 2.17. The van der Waals surface area contributed by atoms with Gasteiger partial charge in [0.05, 0.1) is 11.4 Å². The van der Waals surface area contributed by atoms with Crippen LogP contribution in [0.25, 0.3) is 0 Å². The van der Waals surface area contributed by atoms with Gasteiger partial charge in [-0.3, -0.25) is 0 Å². The fourth-order valence-corrected chi connectivity index (χ4v) is 1.28. The zero-order chi connectivity index (χ0) is 8.55. The van der Waals surface area contributed by atoms with Crippen molar-refractivity contribution in [3.05, 3.63) is 23.9 Å². The molecule has 2 rings (SSSR count). The molecule has 2 heteroatoms. The number of aliphatic imine (C=N–C) groups is 2. The van der Waals surface area contributed by atoms with Gasteiger partial charge in [-0.2, -0.15) is 0 Å². The Morgan fingerprint density at radius 1 is 1.33 bits per heavy atom. The Labute approximate surface area is 72.4 Å². The smallest absolute Gasteiger partial charge is 0.132 e. The molecular formula is C10H12N2. The summed E-state index contributed by atoms with van der Waals surface area (Å²) < 4.78 is 0. The van der Waals surface area contributed by atoms with E-state index in [1.807, 2.05) is 6.08 Å². The first-order chi connectivity index (χ1) is 5.77. The van der Waals surface area contributed by atoms with E-state index in [1.54, 1.807) is 0 Å². The Morgan fingerprint density at radius 3 is 2.83 bits per heavy atom. The zero-order valence-electron chi connectivity index (χ0n) is 7.41. The third-order valence-electron chi connectivity index (χ3n) is 1.97. The molecular weight excluding hydrogens is 148 g/mol. The van der Waals surface area contributed by atoms with E-state index in [1.165, 1.54) is 0 Å². The third kappa shape index (κ3) is 1.13. The van der Waals surface area contributed by atoms with Crippen molar-refractivity contribution in [2.75, 3.05) is 0 Å². The molecule has 0 aromatic rings. The molecule has 0 bridgehead atoms. The van der Waals surface area contributed by atoms with E-state index < -0.39 is 0 Å². The number of allylic oxidation sites excluding steroid dienone is 3. The maximum absolute atomic E-state index is 4.43. The summed E-state index contributed by atoms with van der Waals surface area (Å²) in [4.78, 5) is 8.85. The van der Waals surface area contributed by atoms with Gasteiger partial charge in [0.2, 0.25) is 0 Å². The molecule has 0 N–H and O–H groups in total. The second-order valence-electron chi connectivity index (χ2n) is 3.35. The van der Waals surface area contributed by atoms with Crippen LogP contribution in [-0.4, -0.2) is 11.5 Å². The van der Waals surface area contributed by atoms with E-state index in [9.17, 15) is 0 Å². The summed E-state index contributed by atoms with van der Waals surface area (Å²) in [6.45, 7) is 4.23. The summed E-state index contributed by atoms with van der Waals surface area (Å²) in [6.07, 6.45) is 7.27. The number of nitrogens with zero attached hydrogens (tertiary/aromatic N) is 2. The lowest BCUT2D eigenvalue weighted by atomic mass is 10.1. The average Bonchev–Trinajstić information content (AvgIpc) is 2.46. The molecule has 2 nitrogen and oxygen atoms in total. The molecule has 1 aliphatic heterocycles. The van der Waals surface area contributed by atoms with Gasteiger partial charge in [0.25, 0.3) is 0 Å². The van der Waals surface area contributed by atoms with Crippen LogP contribution in [-0.2, 0) is 0 Å². The first kappa shape index (κ1) is 7.47. The van der Waals surface area contributed by atoms with Gasteiger partial charge in [0.15, 0.2) is 0 Å². The largest absolute Gasteiger partial charge is 0.231 e. The van der Waals surface area contributed by atoms with Gasteiger partial charge in [0.1, 0.15) is 5.84 Å². The molecule has 0 saturated carbocycles. The van der Waals surface area contributed by atoms with Crippen LogP contribution in [0.15, 0.2) is 33.9 Å². The molecule has 0 fully saturated rings. The minimum atomic E-state index is 0.428. The molecule has 12 heavy (non-hydrogen) atoms. The van der Waals surface area contributed by atoms with Crippen LogP contribution in [0.5, 0.6) is 0 Å². The van der Waals surface area contributed by atoms with E-state index >= 15 is 0 Å². The van der Waals surface area contributed by atoms with E-state index in [0.717, 1.165) is 23.7 Å². The minimum absolute atomic E-state index is 0.428. The van der Waals surface area contributed by atoms with Crippen LogP contribution in [0.4, 0.5) is 0 Å². The Morgan fingerprint density at radius 2 is 2.17 bits per heavy atom. The van der Waals surface area contributed by atoms with Gasteiger partial charge in [-0.05, 0) is 12.5 Å². The van der Waals surface area contributed by atoms with Crippen LogP contribution in [0, 0.1) is 5.92 Å². The van der Waals surface area contributed by atoms with E-state index in [2.05, 4.69) is 36.0 Å². The number of amidine groups is 1. The average molecular weight is 160 g/mol. The zero-order valence-corrected chi connectivity index (χ0v) is 7.41. The van der Waals surface area contributed by atoms with Crippen molar-refractivity contribution in [2.45, 2.75) is 20.3 Å². The van der Waals surface area contributed by atoms with Gasteiger partial charge in [-0.15, -0.1) is 0 Å². The number of fused-ring (bicyclic) bond motifs is 1. The number of hydrogen-bond acceptors (Lipinski definition) is 2. The van der Waals surface area contributed by atoms with Crippen LogP contribution < -0.4 is 0 Å². The van der Waals surface area contributed by atoms with E-state index in [4.69, 9.17) is 0 Å². The van der Waals surface area contributed by atoms with Gasteiger partial charge >= 0.3 is 0 Å². The first-order valence-corrected chi connectivity index (χ1v) is 4.31. The van der Waals surface area contributed by atoms with Gasteiger partial charge in [0, 0.05) is 5.92 Å². The van der Waals surface area contributed by atoms with Crippen LogP contribution in [0.2, 0.25) is 0 Å². The minimum Gasteiger partial charge on any atom is -0.231 e. The first-order valence-electron chi connectivity index (χ1n) is 4.31. The predicted molar refractivity (Wildman–Crippen MR) is 51.5 cm³/mol.